The predicted octanol–water partition coefficient (Wildman–Crippen LogP) is 3.73. The molecular formula is C21H25Cl2N3O4S. The van der Waals surface area contributed by atoms with Crippen molar-refractivity contribution >= 4 is 44.8 Å². The standard InChI is InChI=1S/C21H25Cl2N3O4S/c1-3-30-20-7-5-4-6-19(20)24-21(27)15(2)25-10-12-26(13-11-25)31(28,29)16-8-9-17(22)18(23)14-16/h4-9,14-15H,3,10-13H2,1-2H3,(H,24,27). The maximum absolute atomic E-state index is 12.9. The van der Waals surface area contributed by atoms with Crippen molar-refractivity contribution in [2.24, 2.45) is 0 Å². The van der Waals surface area contributed by atoms with Gasteiger partial charge >= 0.3 is 0 Å². The minimum Gasteiger partial charge on any atom is -0.492 e. The second-order valence-electron chi connectivity index (χ2n) is 7.11. The van der Waals surface area contributed by atoms with Gasteiger partial charge in [0.2, 0.25) is 15.9 Å². The van der Waals surface area contributed by atoms with Crippen LogP contribution in [0.4, 0.5) is 5.69 Å². The average molecular weight is 486 g/mol. The lowest BCUT2D eigenvalue weighted by molar-refractivity contribution is -0.121. The highest BCUT2D eigenvalue weighted by molar-refractivity contribution is 7.89. The van der Waals surface area contributed by atoms with E-state index in [0.29, 0.717) is 36.2 Å². The lowest BCUT2D eigenvalue weighted by atomic mass is 10.2. The van der Waals surface area contributed by atoms with Crippen LogP contribution in [-0.2, 0) is 14.8 Å². The summed E-state index contributed by atoms with van der Waals surface area (Å²) in [5.41, 5.74) is 0.613. The molecule has 0 aliphatic carbocycles. The van der Waals surface area contributed by atoms with Crippen molar-refractivity contribution in [3.8, 4) is 5.75 Å². The summed E-state index contributed by atoms with van der Waals surface area (Å²) in [5.74, 6) is 0.441. The largest absolute Gasteiger partial charge is 0.492 e. The fraction of sp³-hybridized carbons (Fsp3) is 0.381. The maximum Gasteiger partial charge on any atom is 0.243 e. The summed E-state index contributed by atoms with van der Waals surface area (Å²) in [5, 5.41) is 3.40. The van der Waals surface area contributed by atoms with E-state index in [2.05, 4.69) is 5.32 Å². The van der Waals surface area contributed by atoms with Crippen molar-refractivity contribution in [2.75, 3.05) is 38.1 Å². The van der Waals surface area contributed by atoms with E-state index in [1.807, 2.05) is 30.9 Å². The topological polar surface area (TPSA) is 79.0 Å². The molecule has 0 aromatic heterocycles. The van der Waals surface area contributed by atoms with Gasteiger partial charge in [0.1, 0.15) is 5.75 Å². The summed E-state index contributed by atoms with van der Waals surface area (Å²) >= 11 is 11.9. The molecule has 1 atom stereocenters. The van der Waals surface area contributed by atoms with Crippen LogP contribution in [0.2, 0.25) is 10.0 Å². The predicted molar refractivity (Wildman–Crippen MR) is 122 cm³/mol. The first-order valence-electron chi connectivity index (χ1n) is 9.96. The average Bonchev–Trinajstić information content (AvgIpc) is 2.76. The Kier molecular flexibility index (Phi) is 7.82. The van der Waals surface area contributed by atoms with Crippen LogP contribution in [-0.4, -0.2) is 62.4 Å². The molecular weight excluding hydrogens is 461 g/mol. The van der Waals surface area contributed by atoms with Crippen LogP contribution in [0, 0.1) is 0 Å². The van der Waals surface area contributed by atoms with E-state index in [9.17, 15) is 13.2 Å². The number of rotatable bonds is 7. The van der Waals surface area contributed by atoms with Gasteiger partial charge in [-0.15, -0.1) is 0 Å². The van der Waals surface area contributed by atoms with Crippen molar-refractivity contribution in [3.05, 3.63) is 52.5 Å². The van der Waals surface area contributed by atoms with Crippen molar-refractivity contribution in [1.29, 1.82) is 0 Å². The monoisotopic (exact) mass is 485 g/mol. The molecule has 31 heavy (non-hydrogen) atoms. The number of nitrogens with zero attached hydrogens (tertiary/aromatic N) is 2. The third-order valence-electron chi connectivity index (χ3n) is 5.17. The van der Waals surface area contributed by atoms with Gasteiger partial charge in [-0.1, -0.05) is 35.3 Å². The fourth-order valence-corrected chi connectivity index (χ4v) is 5.18. The van der Waals surface area contributed by atoms with Gasteiger partial charge in [0, 0.05) is 26.2 Å². The Hall–Kier alpha value is -1.84. The van der Waals surface area contributed by atoms with Crippen molar-refractivity contribution in [3.63, 3.8) is 0 Å². The summed E-state index contributed by atoms with van der Waals surface area (Å²) in [6, 6.07) is 11.1. The summed E-state index contributed by atoms with van der Waals surface area (Å²) < 4.78 is 32.8. The third kappa shape index (κ3) is 5.51. The van der Waals surface area contributed by atoms with Crippen LogP contribution in [0.15, 0.2) is 47.4 Å². The zero-order chi connectivity index (χ0) is 22.6. The molecule has 1 unspecified atom stereocenters. The molecule has 0 radical (unpaired) electrons. The molecule has 10 heteroatoms. The molecule has 1 saturated heterocycles. The van der Waals surface area contributed by atoms with E-state index in [0.717, 1.165) is 0 Å². The number of carbonyl (C=O) groups excluding carboxylic acids is 1. The number of piperazine rings is 1. The number of ether oxygens (including phenoxy) is 1. The summed E-state index contributed by atoms with van der Waals surface area (Å²) in [6.45, 7) is 5.60. The molecule has 1 fully saturated rings. The number of halogens is 2. The first kappa shape index (κ1) is 23.8. The number of para-hydroxylation sites is 2. The SMILES string of the molecule is CCOc1ccccc1NC(=O)C(C)N1CCN(S(=O)(=O)c2ccc(Cl)c(Cl)c2)CC1. The van der Waals surface area contributed by atoms with Crippen molar-refractivity contribution in [2.45, 2.75) is 24.8 Å². The van der Waals surface area contributed by atoms with Crippen LogP contribution in [0.5, 0.6) is 5.75 Å². The van der Waals surface area contributed by atoms with E-state index in [4.69, 9.17) is 27.9 Å². The molecule has 1 aliphatic heterocycles. The molecule has 1 heterocycles. The highest BCUT2D eigenvalue weighted by atomic mass is 35.5. The Balaban J connectivity index is 1.62. The number of carbonyl (C=O) groups is 1. The number of hydrogen-bond donors (Lipinski definition) is 1. The number of anilines is 1. The molecule has 3 rings (SSSR count). The first-order chi connectivity index (χ1) is 14.7. The van der Waals surface area contributed by atoms with Crippen LogP contribution < -0.4 is 10.1 Å². The quantitative estimate of drug-likeness (QED) is 0.646. The zero-order valence-corrected chi connectivity index (χ0v) is 19.7. The smallest absolute Gasteiger partial charge is 0.243 e. The van der Waals surface area contributed by atoms with E-state index in [-0.39, 0.29) is 28.9 Å². The molecule has 7 nitrogen and oxygen atoms in total. The van der Waals surface area contributed by atoms with Gasteiger partial charge in [0.25, 0.3) is 0 Å². The molecule has 1 N–H and O–H groups in total. The van der Waals surface area contributed by atoms with Crippen molar-refractivity contribution < 1.29 is 17.9 Å². The number of hydrogen-bond acceptors (Lipinski definition) is 5. The number of nitrogens with one attached hydrogen (secondary N) is 1. The van der Waals surface area contributed by atoms with E-state index < -0.39 is 16.1 Å². The van der Waals surface area contributed by atoms with Gasteiger partial charge in [-0.25, -0.2) is 8.42 Å². The second-order valence-corrected chi connectivity index (χ2v) is 9.86. The van der Waals surface area contributed by atoms with Gasteiger partial charge in [-0.3, -0.25) is 9.69 Å². The Morgan fingerprint density at radius 1 is 1.10 bits per heavy atom. The van der Waals surface area contributed by atoms with Gasteiger partial charge in [0.05, 0.1) is 33.3 Å². The molecule has 0 spiro atoms. The number of amides is 1. The molecule has 2 aromatic rings. The lowest BCUT2D eigenvalue weighted by Crippen LogP contribution is -2.53. The Bertz CT molecular complexity index is 1040. The summed E-state index contributed by atoms with van der Waals surface area (Å²) in [6.07, 6.45) is 0. The van der Waals surface area contributed by atoms with E-state index in [1.54, 1.807) is 12.1 Å². The van der Waals surface area contributed by atoms with Gasteiger partial charge in [-0.05, 0) is 44.2 Å². The van der Waals surface area contributed by atoms with Crippen LogP contribution in [0.25, 0.3) is 0 Å². The lowest BCUT2D eigenvalue weighted by Gasteiger charge is -2.36. The Morgan fingerprint density at radius 2 is 1.77 bits per heavy atom. The highest BCUT2D eigenvalue weighted by Gasteiger charge is 2.32. The molecule has 2 aromatic carbocycles. The molecule has 168 valence electrons. The van der Waals surface area contributed by atoms with Crippen LogP contribution in [0.1, 0.15) is 13.8 Å². The molecule has 0 bridgehead atoms. The fourth-order valence-electron chi connectivity index (χ4n) is 3.37. The second kappa shape index (κ2) is 10.2. The summed E-state index contributed by atoms with van der Waals surface area (Å²) in [7, 11) is -3.68. The zero-order valence-electron chi connectivity index (χ0n) is 17.3. The molecule has 1 amide bonds. The van der Waals surface area contributed by atoms with Gasteiger partial charge < -0.3 is 10.1 Å². The molecule has 1 aliphatic rings. The third-order valence-corrected chi connectivity index (χ3v) is 7.81. The van der Waals surface area contributed by atoms with E-state index in [1.165, 1.54) is 22.5 Å². The van der Waals surface area contributed by atoms with Crippen LogP contribution in [0.3, 0.4) is 0 Å². The van der Waals surface area contributed by atoms with Gasteiger partial charge in [-0.2, -0.15) is 4.31 Å². The number of benzene rings is 2. The summed E-state index contributed by atoms with van der Waals surface area (Å²) in [4.78, 5) is 14.8. The Labute approximate surface area is 192 Å². The van der Waals surface area contributed by atoms with Crippen molar-refractivity contribution in [1.82, 2.24) is 9.21 Å². The molecule has 0 saturated carbocycles. The normalized spacial score (nSPS) is 16.6. The number of sulfonamides is 1. The Morgan fingerprint density at radius 3 is 2.42 bits per heavy atom. The van der Waals surface area contributed by atoms with Gasteiger partial charge in [0.15, 0.2) is 0 Å². The minimum absolute atomic E-state index is 0.105. The van der Waals surface area contributed by atoms with Crippen LogP contribution >= 0.6 is 23.2 Å². The minimum atomic E-state index is -3.68. The first-order valence-corrected chi connectivity index (χ1v) is 12.2. The maximum atomic E-state index is 12.9. The van der Waals surface area contributed by atoms with E-state index >= 15 is 0 Å². The highest BCUT2D eigenvalue weighted by Crippen LogP contribution is 2.27.